The maximum Gasteiger partial charge on any atom is 0.256 e. The molecule has 4 aromatic carbocycles. The number of rotatable bonds is 5. The highest BCUT2D eigenvalue weighted by Gasteiger charge is 2.13. The molecule has 5 aromatic rings. The average Bonchev–Trinajstić information content (AvgIpc) is 2.83. The minimum absolute atomic E-state index is 0.203. The first kappa shape index (κ1) is 20.5. The van der Waals surface area contributed by atoms with E-state index in [9.17, 15) is 4.79 Å². The molecule has 5 heteroatoms. The number of nitrogens with two attached hydrogens (primary N) is 1. The highest BCUT2D eigenvalue weighted by atomic mass is 16.5. The van der Waals surface area contributed by atoms with Crippen molar-refractivity contribution in [2.24, 2.45) is 0 Å². The molecule has 1 heterocycles. The van der Waals surface area contributed by atoms with Crippen molar-refractivity contribution in [3.63, 3.8) is 0 Å². The molecule has 0 aliphatic heterocycles. The van der Waals surface area contributed by atoms with Crippen molar-refractivity contribution < 1.29 is 9.53 Å². The molecule has 0 bridgehead atoms. The van der Waals surface area contributed by atoms with E-state index >= 15 is 0 Å². The van der Waals surface area contributed by atoms with Crippen molar-refractivity contribution in [1.82, 2.24) is 4.98 Å². The summed E-state index contributed by atoms with van der Waals surface area (Å²) in [4.78, 5) is 17.6. The molecule has 3 N–H and O–H groups in total. The highest BCUT2D eigenvalue weighted by Crippen LogP contribution is 2.25. The number of nitrogens with one attached hydrogen (secondary N) is 1. The first-order valence-corrected chi connectivity index (χ1v) is 10.7. The second-order valence-electron chi connectivity index (χ2n) is 7.99. The van der Waals surface area contributed by atoms with Crippen molar-refractivity contribution in [2.75, 3.05) is 11.1 Å². The van der Waals surface area contributed by atoms with Crippen LogP contribution >= 0.6 is 0 Å². The number of carbonyl (C=O) groups is 1. The fourth-order valence-corrected chi connectivity index (χ4v) is 3.95. The number of anilines is 2. The molecular weight excluding hydrogens is 410 g/mol. The molecule has 0 aliphatic carbocycles. The second kappa shape index (κ2) is 8.63. The van der Waals surface area contributed by atoms with Gasteiger partial charge in [-0.2, -0.15) is 0 Å². The Morgan fingerprint density at radius 1 is 0.909 bits per heavy atom. The number of aromatic nitrogens is 1. The van der Waals surface area contributed by atoms with Gasteiger partial charge in [0.1, 0.15) is 12.4 Å². The van der Waals surface area contributed by atoms with Gasteiger partial charge in [-0.05, 0) is 60.2 Å². The van der Waals surface area contributed by atoms with Crippen molar-refractivity contribution in [3.8, 4) is 5.75 Å². The Labute approximate surface area is 191 Å². The van der Waals surface area contributed by atoms with Crippen LogP contribution in [-0.2, 0) is 6.61 Å². The van der Waals surface area contributed by atoms with E-state index in [0.717, 1.165) is 38.7 Å². The lowest BCUT2D eigenvalue weighted by molar-refractivity contribution is 0.102. The Morgan fingerprint density at radius 2 is 1.70 bits per heavy atom. The van der Waals surface area contributed by atoms with Gasteiger partial charge in [0.15, 0.2) is 0 Å². The predicted octanol–water partition coefficient (Wildman–Crippen LogP) is 6.11. The average molecular weight is 434 g/mol. The molecule has 0 saturated heterocycles. The minimum atomic E-state index is -0.203. The van der Waals surface area contributed by atoms with Gasteiger partial charge >= 0.3 is 0 Å². The lowest BCUT2D eigenvalue weighted by Gasteiger charge is -2.13. The Bertz CT molecular complexity index is 1490. The molecule has 1 amide bonds. The van der Waals surface area contributed by atoms with E-state index in [1.54, 1.807) is 6.07 Å². The van der Waals surface area contributed by atoms with E-state index in [1.807, 2.05) is 79.7 Å². The van der Waals surface area contributed by atoms with E-state index in [1.165, 1.54) is 0 Å². The number of nitrogens with zero attached hydrogens (tertiary/aromatic N) is 1. The summed E-state index contributed by atoms with van der Waals surface area (Å²) in [6, 6.07) is 28.9. The number of hydrogen-bond donors (Lipinski definition) is 2. The van der Waals surface area contributed by atoms with E-state index in [2.05, 4.69) is 22.4 Å². The van der Waals surface area contributed by atoms with Crippen molar-refractivity contribution in [1.29, 1.82) is 0 Å². The molecule has 0 unspecified atom stereocenters. The minimum Gasteiger partial charge on any atom is -0.489 e. The fourth-order valence-electron chi connectivity index (χ4n) is 3.95. The van der Waals surface area contributed by atoms with E-state index in [-0.39, 0.29) is 12.5 Å². The molecule has 5 rings (SSSR count). The van der Waals surface area contributed by atoms with Crippen molar-refractivity contribution >= 4 is 39.0 Å². The van der Waals surface area contributed by atoms with Crippen LogP contribution in [0.2, 0.25) is 0 Å². The summed E-state index contributed by atoms with van der Waals surface area (Å²) < 4.78 is 6.02. The molecule has 0 radical (unpaired) electrons. The van der Waals surface area contributed by atoms with Gasteiger partial charge in [0.2, 0.25) is 0 Å². The van der Waals surface area contributed by atoms with Crippen LogP contribution in [0, 0.1) is 6.92 Å². The van der Waals surface area contributed by atoms with Crippen LogP contribution in [0.15, 0.2) is 91.0 Å². The monoisotopic (exact) mass is 433 g/mol. The van der Waals surface area contributed by atoms with Gasteiger partial charge in [0.25, 0.3) is 5.91 Å². The summed E-state index contributed by atoms with van der Waals surface area (Å²) in [5.41, 5.74) is 10.5. The van der Waals surface area contributed by atoms with Gasteiger partial charge in [0, 0.05) is 33.6 Å². The van der Waals surface area contributed by atoms with Crippen molar-refractivity contribution in [2.45, 2.75) is 13.5 Å². The lowest BCUT2D eigenvalue weighted by Crippen LogP contribution is -2.15. The van der Waals surface area contributed by atoms with Gasteiger partial charge in [-0.3, -0.25) is 9.78 Å². The van der Waals surface area contributed by atoms with Crippen LogP contribution in [0.5, 0.6) is 5.75 Å². The normalized spacial score (nSPS) is 10.9. The van der Waals surface area contributed by atoms with Crippen LogP contribution in [0.4, 0.5) is 11.4 Å². The molecule has 0 saturated carbocycles. The third-order valence-electron chi connectivity index (χ3n) is 5.60. The molecule has 0 spiro atoms. The SMILES string of the molecule is Cc1cc(N)c2cc(NC(=O)c3ccccc3COc3ccc4ccccc4c3)ccc2n1. The molecule has 33 heavy (non-hydrogen) atoms. The van der Waals surface area contributed by atoms with Crippen LogP contribution in [-0.4, -0.2) is 10.9 Å². The second-order valence-corrected chi connectivity index (χ2v) is 7.99. The summed E-state index contributed by atoms with van der Waals surface area (Å²) in [7, 11) is 0. The number of nitrogen functional groups attached to an aromatic ring is 1. The number of aryl methyl sites for hydroxylation is 1. The number of benzene rings is 4. The van der Waals surface area contributed by atoms with E-state index < -0.39 is 0 Å². The summed E-state index contributed by atoms with van der Waals surface area (Å²) >= 11 is 0. The first-order valence-electron chi connectivity index (χ1n) is 10.7. The zero-order valence-corrected chi connectivity index (χ0v) is 18.2. The Hall–Kier alpha value is -4.38. The topological polar surface area (TPSA) is 77.2 Å². The molecule has 5 nitrogen and oxygen atoms in total. The van der Waals surface area contributed by atoms with E-state index in [4.69, 9.17) is 10.5 Å². The number of carbonyl (C=O) groups excluding carboxylic acids is 1. The lowest BCUT2D eigenvalue weighted by atomic mass is 10.1. The van der Waals surface area contributed by atoms with Gasteiger partial charge in [-0.25, -0.2) is 0 Å². The number of ether oxygens (including phenoxy) is 1. The fraction of sp³-hybridized carbons (Fsp3) is 0.0714. The summed E-state index contributed by atoms with van der Waals surface area (Å²) in [6.07, 6.45) is 0. The maximum absolute atomic E-state index is 13.1. The van der Waals surface area contributed by atoms with Gasteiger partial charge in [-0.15, -0.1) is 0 Å². The van der Waals surface area contributed by atoms with Crippen LogP contribution < -0.4 is 15.8 Å². The molecule has 0 aliphatic rings. The zero-order valence-electron chi connectivity index (χ0n) is 18.2. The highest BCUT2D eigenvalue weighted by molar-refractivity contribution is 6.06. The third-order valence-corrected chi connectivity index (χ3v) is 5.60. The van der Waals surface area contributed by atoms with Crippen LogP contribution in [0.1, 0.15) is 21.6 Å². The maximum atomic E-state index is 13.1. The number of fused-ring (bicyclic) bond motifs is 2. The van der Waals surface area contributed by atoms with Crippen LogP contribution in [0.3, 0.4) is 0 Å². The molecule has 162 valence electrons. The summed E-state index contributed by atoms with van der Waals surface area (Å²) in [5, 5.41) is 6.06. The largest absolute Gasteiger partial charge is 0.489 e. The summed E-state index contributed by atoms with van der Waals surface area (Å²) in [5.74, 6) is 0.558. The zero-order chi connectivity index (χ0) is 22.8. The quantitative estimate of drug-likeness (QED) is 0.351. The smallest absolute Gasteiger partial charge is 0.256 e. The molecular formula is C28H23N3O2. The third kappa shape index (κ3) is 4.34. The Morgan fingerprint density at radius 3 is 2.58 bits per heavy atom. The summed E-state index contributed by atoms with van der Waals surface area (Å²) in [6.45, 7) is 2.19. The molecule has 0 fully saturated rings. The van der Waals surface area contributed by atoms with Gasteiger partial charge < -0.3 is 15.8 Å². The van der Waals surface area contributed by atoms with Gasteiger partial charge in [-0.1, -0.05) is 48.5 Å². The first-order chi connectivity index (χ1) is 16.1. The van der Waals surface area contributed by atoms with Crippen LogP contribution in [0.25, 0.3) is 21.7 Å². The number of amides is 1. The number of hydrogen-bond acceptors (Lipinski definition) is 4. The molecule has 0 atom stereocenters. The molecule has 1 aromatic heterocycles. The van der Waals surface area contributed by atoms with E-state index in [0.29, 0.717) is 16.9 Å². The van der Waals surface area contributed by atoms with Gasteiger partial charge in [0.05, 0.1) is 5.52 Å². The Kier molecular flexibility index (Phi) is 5.37. The number of pyridine rings is 1. The van der Waals surface area contributed by atoms with Crippen molar-refractivity contribution in [3.05, 3.63) is 108 Å². The predicted molar refractivity (Wildman–Crippen MR) is 134 cm³/mol. The standard InChI is InChI=1S/C28H23N3O2/c1-18-14-26(29)25-16-22(11-13-27(25)30-18)31-28(32)24-9-5-4-8-21(24)17-33-23-12-10-19-6-2-3-7-20(19)15-23/h2-16H,17H2,1H3,(H2,29,30)(H,31,32). The Balaban J connectivity index is 1.35.